The molecule has 0 spiro atoms. The van der Waals surface area contributed by atoms with Gasteiger partial charge in [-0.1, -0.05) is 0 Å². The van der Waals surface area contributed by atoms with Crippen molar-refractivity contribution >= 4 is 9.84 Å². The van der Waals surface area contributed by atoms with Crippen LogP contribution in [0.4, 0.5) is 0 Å². The summed E-state index contributed by atoms with van der Waals surface area (Å²) >= 11 is 0. The number of rotatable bonds is 5. The van der Waals surface area contributed by atoms with Gasteiger partial charge in [-0.25, -0.2) is 8.42 Å². The molecule has 0 aromatic carbocycles. The summed E-state index contributed by atoms with van der Waals surface area (Å²) in [6, 6.07) is 0.132. The van der Waals surface area contributed by atoms with E-state index in [9.17, 15) is 8.42 Å². The fourth-order valence-corrected chi connectivity index (χ4v) is 3.40. The standard InChI is InChI=1S/C9H19NO3S/c11-6-2-1-5-10-9-4-3-7-14(12,13)8-9/h9-11H,1-8H2. The van der Waals surface area contributed by atoms with Crippen molar-refractivity contribution in [1.82, 2.24) is 5.32 Å². The van der Waals surface area contributed by atoms with Gasteiger partial charge in [0.15, 0.2) is 9.84 Å². The fourth-order valence-electron chi connectivity index (χ4n) is 1.73. The van der Waals surface area contributed by atoms with Crippen molar-refractivity contribution in [3.05, 3.63) is 0 Å². The lowest BCUT2D eigenvalue weighted by molar-refractivity contribution is 0.282. The number of unbranched alkanes of at least 4 members (excludes halogenated alkanes) is 1. The van der Waals surface area contributed by atoms with Gasteiger partial charge in [0.25, 0.3) is 0 Å². The smallest absolute Gasteiger partial charge is 0.151 e. The molecule has 1 saturated heterocycles. The summed E-state index contributed by atoms with van der Waals surface area (Å²) in [5, 5.41) is 11.8. The third-order valence-corrected chi connectivity index (χ3v) is 4.30. The van der Waals surface area contributed by atoms with E-state index in [1.54, 1.807) is 0 Å². The Morgan fingerprint density at radius 3 is 2.79 bits per heavy atom. The molecule has 1 aliphatic heterocycles. The zero-order chi connectivity index (χ0) is 10.4. The molecule has 1 aliphatic rings. The normalized spacial score (nSPS) is 26.2. The van der Waals surface area contributed by atoms with Crippen molar-refractivity contribution in [2.75, 3.05) is 24.7 Å². The first-order chi connectivity index (χ1) is 6.64. The number of sulfone groups is 1. The predicted molar refractivity (Wildman–Crippen MR) is 56.0 cm³/mol. The molecule has 0 amide bonds. The Kier molecular flexibility index (Phi) is 4.84. The van der Waals surface area contributed by atoms with Crippen LogP contribution in [0, 0.1) is 0 Å². The molecule has 2 N–H and O–H groups in total. The van der Waals surface area contributed by atoms with E-state index in [2.05, 4.69) is 5.32 Å². The lowest BCUT2D eigenvalue weighted by Gasteiger charge is -2.22. The quantitative estimate of drug-likeness (QED) is 0.638. The number of hydrogen-bond donors (Lipinski definition) is 2. The van der Waals surface area contributed by atoms with E-state index in [1.165, 1.54) is 0 Å². The monoisotopic (exact) mass is 221 g/mol. The second-order valence-corrected chi connectivity index (χ2v) is 6.07. The highest BCUT2D eigenvalue weighted by Gasteiger charge is 2.23. The summed E-state index contributed by atoms with van der Waals surface area (Å²) in [6.07, 6.45) is 3.43. The average molecular weight is 221 g/mol. The molecule has 0 saturated carbocycles. The van der Waals surface area contributed by atoms with Crippen molar-refractivity contribution in [2.24, 2.45) is 0 Å². The Hall–Kier alpha value is -0.130. The Bertz CT molecular complexity index is 251. The van der Waals surface area contributed by atoms with Crippen molar-refractivity contribution in [3.63, 3.8) is 0 Å². The van der Waals surface area contributed by atoms with Gasteiger partial charge >= 0.3 is 0 Å². The van der Waals surface area contributed by atoms with E-state index in [1.807, 2.05) is 0 Å². The molecule has 1 atom stereocenters. The van der Waals surface area contributed by atoms with Gasteiger partial charge < -0.3 is 10.4 Å². The molecule has 4 nitrogen and oxygen atoms in total. The van der Waals surface area contributed by atoms with Crippen LogP contribution in [0.2, 0.25) is 0 Å². The molecule has 5 heteroatoms. The topological polar surface area (TPSA) is 66.4 Å². The van der Waals surface area contributed by atoms with E-state index in [4.69, 9.17) is 5.11 Å². The highest BCUT2D eigenvalue weighted by molar-refractivity contribution is 7.91. The molecule has 84 valence electrons. The Balaban J connectivity index is 2.18. The van der Waals surface area contributed by atoms with E-state index in [0.29, 0.717) is 5.75 Å². The lowest BCUT2D eigenvalue weighted by atomic mass is 10.2. The molecule has 0 aliphatic carbocycles. The summed E-state index contributed by atoms with van der Waals surface area (Å²) in [5.41, 5.74) is 0. The Labute approximate surface area is 85.6 Å². The molecule has 0 radical (unpaired) electrons. The maximum absolute atomic E-state index is 11.3. The van der Waals surface area contributed by atoms with Gasteiger partial charge in [-0.15, -0.1) is 0 Å². The Morgan fingerprint density at radius 1 is 1.36 bits per heavy atom. The minimum absolute atomic E-state index is 0.132. The maximum atomic E-state index is 11.3. The van der Waals surface area contributed by atoms with Crippen molar-refractivity contribution in [1.29, 1.82) is 0 Å². The van der Waals surface area contributed by atoms with E-state index in [0.717, 1.165) is 32.2 Å². The van der Waals surface area contributed by atoms with Crippen LogP contribution in [0.5, 0.6) is 0 Å². The minimum Gasteiger partial charge on any atom is -0.396 e. The number of aliphatic hydroxyl groups is 1. The van der Waals surface area contributed by atoms with Crippen LogP contribution in [0.1, 0.15) is 25.7 Å². The van der Waals surface area contributed by atoms with E-state index >= 15 is 0 Å². The third-order valence-electron chi connectivity index (χ3n) is 2.48. The van der Waals surface area contributed by atoms with Crippen LogP contribution >= 0.6 is 0 Å². The van der Waals surface area contributed by atoms with Crippen LogP contribution in [-0.4, -0.2) is 44.2 Å². The van der Waals surface area contributed by atoms with Gasteiger partial charge in [-0.3, -0.25) is 0 Å². The SMILES string of the molecule is O=S1(=O)CCCC(NCCCCO)C1. The summed E-state index contributed by atoms with van der Waals surface area (Å²) in [4.78, 5) is 0. The summed E-state index contributed by atoms with van der Waals surface area (Å²) < 4.78 is 22.5. The number of aliphatic hydroxyl groups excluding tert-OH is 1. The Morgan fingerprint density at radius 2 is 2.14 bits per heavy atom. The zero-order valence-corrected chi connectivity index (χ0v) is 9.22. The van der Waals surface area contributed by atoms with Crippen molar-refractivity contribution in [3.8, 4) is 0 Å². The van der Waals surface area contributed by atoms with Crippen LogP contribution in [0.25, 0.3) is 0 Å². The van der Waals surface area contributed by atoms with Crippen molar-refractivity contribution < 1.29 is 13.5 Å². The largest absolute Gasteiger partial charge is 0.396 e. The molecule has 0 bridgehead atoms. The van der Waals surface area contributed by atoms with Crippen LogP contribution in [-0.2, 0) is 9.84 Å². The summed E-state index contributed by atoms with van der Waals surface area (Å²) in [7, 11) is -2.79. The lowest BCUT2D eigenvalue weighted by Crippen LogP contribution is -2.40. The third kappa shape index (κ3) is 4.39. The first-order valence-corrected chi connectivity index (χ1v) is 7.01. The first kappa shape index (κ1) is 11.9. The van der Waals surface area contributed by atoms with Gasteiger partial charge in [-0.2, -0.15) is 0 Å². The fraction of sp³-hybridized carbons (Fsp3) is 1.00. The number of hydrogen-bond acceptors (Lipinski definition) is 4. The second-order valence-electron chi connectivity index (χ2n) is 3.84. The molecule has 1 fully saturated rings. The minimum atomic E-state index is -2.79. The van der Waals surface area contributed by atoms with Gasteiger partial charge in [0.1, 0.15) is 0 Å². The predicted octanol–water partition coefficient (Wildman–Crippen LogP) is -0.0743. The molecule has 14 heavy (non-hydrogen) atoms. The van der Waals surface area contributed by atoms with Gasteiger partial charge in [0, 0.05) is 12.6 Å². The molecule has 1 heterocycles. The van der Waals surface area contributed by atoms with Gasteiger partial charge in [0.2, 0.25) is 0 Å². The van der Waals surface area contributed by atoms with Gasteiger partial charge in [0.05, 0.1) is 11.5 Å². The van der Waals surface area contributed by atoms with Crippen LogP contribution < -0.4 is 5.32 Å². The van der Waals surface area contributed by atoms with Crippen LogP contribution in [0.15, 0.2) is 0 Å². The average Bonchev–Trinajstić information content (AvgIpc) is 2.11. The molecule has 0 aromatic rings. The molecular weight excluding hydrogens is 202 g/mol. The second kappa shape index (κ2) is 5.68. The molecule has 0 aromatic heterocycles. The molecule has 1 rings (SSSR count). The number of nitrogens with one attached hydrogen (secondary N) is 1. The maximum Gasteiger partial charge on any atom is 0.151 e. The van der Waals surface area contributed by atoms with Crippen molar-refractivity contribution in [2.45, 2.75) is 31.7 Å². The van der Waals surface area contributed by atoms with Gasteiger partial charge in [-0.05, 0) is 32.2 Å². The first-order valence-electron chi connectivity index (χ1n) is 5.19. The van der Waals surface area contributed by atoms with E-state index in [-0.39, 0.29) is 18.4 Å². The molecular formula is C9H19NO3S. The highest BCUT2D eigenvalue weighted by atomic mass is 32.2. The van der Waals surface area contributed by atoms with Crippen LogP contribution in [0.3, 0.4) is 0 Å². The molecule has 1 unspecified atom stereocenters. The highest BCUT2D eigenvalue weighted by Crippen LogP contribution is 2.11. The summed E-state index contributed by atoms with van der Waals surface area (Å²) in [6.45, 7) is 1.02. The zero-order valence-electron chi connectivity index (χ0n) is 8.41. The summed E-state index contributed by atoms with van der Waals surface area (Å²) in [5.74, 6) is 0.633. The van der Waals surface area contributed by atoms with E-state index < -0.39 is 9.84 Å².